The third kappa shape index (κ3) is 4.68. The number of rotatable bonds is 5. The van der Waals surface area contributed by atoms with Crippen molar-refractivity contribution in [3.05, 3.63) is 35.4 Å². The van der Waals surface area contributed by atoms with Crippen LogP contribution in [0.5, 0.6) is 0 Å². The highest BCUT2D eigenvalue weighted by molar-refractivity contribution is 5.86. The van der Waals surface area contributed by atoms with E-state index >= 15 is 0 Å². The molecule has 0 spiro atoms. The first-order valence-corrected chi connectivity index (χ1v) is 6.99. The summed E-state index contributed by atoms with van der Waals surface area (Å²) in [6, 6.07) is 1.31. The fraction of sp³-hybridized carbons (Fsp3) is 0.467. The highest BCUT2D eigenvalue weighted by Gasteiger charge is 2.21. The van der Waals surface area contributed by atoms with Gasteiger partial charge in [-0.3, -0.25) is 4.79 Å². The minimum atomic E-state index is -0.718. The van der Waals surface area contributed by atoms with Gasteiger partial charge in [0.25, 0.3) is 0 Å². The lowest BCUT2D eigenvalue weighted by molar-refractivity contribution is -0.130. The molecule has 1 aromatic carbocycles. The van der Waals surface area contributed by atoms with Crippen LogP contribution in [0.1, 0.15) is 31.9 Å². The van der Waals surface area contributed by atoms with E-state index in [-0.39, 0.29) is 11.5 Å². The molecule has 0 heterocycles. The van der Waals surface area contributed by atoms with E-state index in [1.54, 1.807) is 27.9 Å². The molecule has 0 bridgehead atoms. The fourth-order valence-electron chi connectivity index (χ4n) is 2.03. The van der Waals surface area contributed by atoms with Crippen molar-refractivity contribution < 1.29 is 18.4 Å². The van der Waals surface area contributed by atoms with Gasteiger partial charge in [0.15, 0.2) is 0 Å². The minimum absolute atomic E-state index is 0.200. The average Bonchev–Trinajstić information content (AvgIpc) is 2.44. The Morgan fingerprint density at radius 1 is 1.23 bits per heavy atom. The van der Waals surface area contributed by atoms with Crippen LogP contribution in [-0.4, -0.2) is 37.0 Å². The monoisotopic (exact) mass is 313 g/mol. The smallest absolute Gasteiger partial charge is 0.315 e. The Morgan fingerprint density at radius 2 is 1.86 bits per heavy atom. The van der Waals surface area contributed by atoms with Gasteiger partial charge in [-0.1, -0.05) is 13.0 Å². The minimum Gasteiger partial charge on any atom is -0.347 e. The maximum atomic E-state index is 13.8. The van der Waals surface area contributed by atoms with E-state index in [1.807, 2.05) is 0 Å². The second-order valence-electron chi connectivity index (χ2n) is 5.20. The molecule has 0 aliphatic heterocycles. The Morgan fingerprint density at radius 3 is 2.36 bits per heavy atom. The molecule has 122 valence electrons. The summed E-state index contributed by atoms with van der Waals surface area (Å²) in [5, 5.41) is 5.07. The van der Waals surface area contributed by atoms with Gasteiger partial charge in [0.05, 0.1) is 6.04 Å². The molecule has 0 aromatic heterocycles. The Bertz CT molecular complexity index is 550. The number of benzene rings is 1. The fourth-order valence-corrected chi connectivity index (χ4v) is 2.03. The van der Waals surface area contributed by atoms with Gasteiger partial charge in [-0.05, 0) is 19.4 Å². The van der Waals surface area contributed by atoms with Crippen molar-refractivity contribution in [3.63, 3.8) is 0 Å². The summed E-state index contributed by atoms with van der Waals surface area (Å²) < 4.78 is 26.7. The number of carbonyl (C=O) groups excluding carboxylic acids is 2. The van der Waals surface area contributed by atoms with E-state index in [9.17, 15) is 18.4 Å². The zero-order valence-corrected chi connectivity index (χ0v) is 13.1. The Labute approximate surface area is 128 Å². The summed E-state index contributed by atoms with van der Waals surface area (Å²) >= 11 is 0. The number of nitrogens with one attached hydrogen (secondary N) is 2. The van der Waals surface area contributed by atoms with Crippen molar-refractivity contribution in [1.82, 2.24) is 15.5 Å². The van der Waals surface area contributed by atoms with Crippen molar-refractivity contribution in [3.8, 4) is 0 Å². The summed E-state index contributed by atoms with van der Waals surface area (Å²) in [6.07, 6.45) is 0.423. The summed E-state index contributed by atoms with van der Waals surface area (Å²) in [4.78, 5) is 25.0. The third-order valence-corrected chi connectivity index (χ3v) is 3.21. The van der Waals surface area contributed by atoms with Gasteiger partial charge in [-0.25, -0.2) is 13.6 Å². The van der Waals surface area contributed by atoms with Crippen LogP contribution in [0.2, 0.25) is 0 Å². The first-order chi connectivity index (χ1) is 10.3. The van der Waals surface area contributed by atoms with E-state index in [0.29, 0.717) is 6.42 Å². The Kier molecular flexibility index (Phi) is 6.27. The highest BCUT2D eigenvalue weighted by Crippen LogP contribution is 2.20. The molecule has 5 nitrogen and oxygen atoms in total. The van der Waals surface area contributed by atoms with E-state index in [4.69, 9.17) is 0 Å². The third-order valence-electron chi connectivity index (χ3n) is 3.21. The molecular formula is C15H21F2N3O2. The molecule has 2 N–H and O–H groups in total. The molecule has 2 unspecified atom stereocenters. The van der Waals surface area contributed by atoms with E-state index in [2.05, 4.69) is 10.6 Å². The number of halogens is 2. The lowest BCUT2D eigenvalue weighted by Gasteiger charge is -2.22. The molecule has 2 atom stereocenters. The zero-order valence-electron chi connectivity index (χ0n) is 13.1. The number of nitrogens with zero attached hydrogens (tertiary/aromatic N) is 1. The molecule has 0 aliphatic carbocycles. The average molecular weight is 313 g/mol. The van der Waals surface area contributed by atoms with Gasteiger partial charge in [0, 0.05) is 25.7 Å². The van der Waals surface area contributed by atoms with Gasteiger partial charge < -0.3 is 15.5 Å². The Balaban J connectivity index is 2.74. The largest absolute Gasteiger partial charge is 0.347 e. The normalized spacial score (nSPS) is 13.2. The molecule has 1 rings (SSSR count). The van der Waals surface area contributed by atoms with Crippen molar-refractivity contribution in [2.24, 2.45) is 0 Å². The second-order valence-corrected chi connectivity index (χ2v) is 5.20. The maximum Gasteiger partial charge on any atom is 0.315 e. The van der Waals surface area contributed by atoms with E-state index in [1.165, 1.54) is 11.0 Å². The zero-order chi connectivity index (χ0) is 16.9. The quantitative estimate of drug-likeness (QED) is 0.875. The van der Waals surface area contributed by atoms with Crippen LogP contribution < -0.4 is 10.6 Å². The van der Waals surface area contributed by atoms with Gasteiger partial charge in [-0.2, -0.15) is 0 Å². The number of hydrogen-bond donors (Lipinski definition) is 2. The molecule has 0 saturated heterocycles. The van der Waals surface area contributed by atoms with Crippen LogP contribution >= 0.6 is 0 Å². The summed E-state index contributed by atoms with van der Waals surface area (Å²) in [7, 11) is 3.17. The second kappa shape index (κ2) is 7.72. The lowest BCUT2D eigenvalue weighted by Crippen LogP contribution is -2.48. The summed E-state index contributed by atoms with van der Waals surface area (Å²) in [5.74, 6) is -1.65. The van der Waals surface area contributed by atoms with Crippen LogP contribution in [0, 0.1) is 11.6 Å². The predicted molar refractivity (Wildman–Crippen MR) is 79.2 cm³/mol. The topological polar surface area (TPSA) is 61.4 Å². The van der Waals surface area contributed by atoms with Crippen molar-refractivity contribution in [1.29, 1.82) is 0 Å². The standard InChI is InChI=1S/C15H21F2N3O2/c1-5-13(11-7-6-10(16)8-12(11)17)19-15(22)18-9(2)14(21)20(3)4/h6-9,13H,5H2,1-4H3,(H2,18,19,22). The highest BCUT2D eigenvalue weighted by atomic mass is 19.1. The molecular weight excluding hydrogens is 292 g/mol. The number of likely N-dealkylation sites (N-methyl/N-ethyl adjacent to an activating group) is 1. The van der Waals surface area contributed by atoms with Gasteiger partial charge in [-0.15, -0.1) is 0 Å². The number of carbonyl (C=O) groups is 2. The molecule has 7 heteroatoms. The summed E-state index contributed by atoms with van der Waals surface area (Å²) in [6.45, 7) is 3.32. The Hall–Kier alpha value is -2.18. The van der Waals surface area contributed by atoms with Gasteiger partial charge in [0.1, 0.15) is 17.7 Å². The molecule has 0 radical (unpaired) electrons. The molecule has 1 aromatic rings. The van der Waals surface area contributed by atoms with Crippen LogP contribution in [0.15, 0.2) is 18.2 Å². The first kappa shape index (κ1) is 17.9. The van der Waals surface area contributed by atoms with Crippen molar-refractivity contribution >= 4 is 11.9 Å². The van der Waals surface area contributed by atoms with Crippen LogP contribution in [-0.2, 0) is 4.79 Å². The van der Waals surface area contributed by atoms with Crippen LogP contribution in [0.3, 0.4) is 0 Å². The number of amides is 3. The number of urea groups is 1. The first-order valence-electron chi connectivity index (χ1n) is 6.99. The van der Waals surface area contributed by atoms with Crippen LogP contribution in [0.25, 0.3) is 0 Å². The van der Waals surface area contributed by atoms with Crippen molar-refractivity contribution in [2.45, 2.75) is 32.4 Å². The molecule has 22 heavy (non-hydrogen) atoms. The lowest BCUT2D eigenvalue weighted by atomic mass is 10.0. The molecule has 0 saturated carbocycles. The van der Waals surface area contributed by atoms with Gasteiger partial charge >= 0.3 is 6.03 Å². The number of hydrogen-bond acceptors (Lipinski definition) is 2. The maximum absolute atomic E-state index is 13.8. The van der Waals surface area contributed by atoms with E-state index < -0.39 is 29.7 Å². The predicted octanol–water partition coefficient (Wildman–Crippen LogP) is 2.19. The summed E-state index contributed by atoms with van der Waals surface area (Å²) in [5.41, 5.74) is 0.200. The SMILES string of the molecule is CCC(NC(=O)NC(C)C(=O)N(C)C)c1ccc(F)cc1F. The van der Waals surface area contributed by atoms with Crippen LogP contribution in [0.4, 0.5) is 13.6 Å². The molecule has 0 fully saturated rings. The molecule has 0 aliphatic rings. The van der Waals surface area contributed by atoms with E-state index in [0.717, 1.165) is 12.1 Å². The van der Waals surface area contributed by atoms with Crippen molar-refractivity contribution in [2.75, 3.05) is 14.1 Å². The van der Waals surface area contributed by atoms with Gasteiger partial charge in [0.2, 0.25) is 5.91 Å². The molecule has 3 amide bonds.